The number of piperidine rings is 1. The average molecular weight is 263 g/mol. The van der Waals surface area contributed by atoms with Crippen molar-refractivity contribution in [2.75, 3.05) is 6.54 Å². The molecule has 0 aromatic carbocycles. The van der Waals surface area contributed by atoms with Crippen LogP contribution in [-0.2, 0) is 11.3 Å². The molecule has 1 saturated heterocycles. The minimum atomic E-state index is -0.705. The molecular formula is C14H21N3O2. The first kappa shape index (κ1) is 13.9. The van der Waals surface area contributed by atoms with Crippen LogP contribution in [0.5, 0.6) is 0 Å². The third kappa shape index (κ3) is 4.28. The van der Waals surface area contributed by atoms with Crippen molar-refractivity contribution in [1.82, 2.24) is 14.9 Å². The van der Waals surface area contributed by atoms with Gasteiger partial charge in [0.25, 0.3) is 0 Å². The molecule has 2 heterocycles. The molecule has 1 fully saturated rings. The molecule has 19 heavy (non-hydrogen) atoms. The summed E-state index contributed by atoms with van der Waals surface area (Å²) in [6.07, 6.45) is 6.26. The third-order valence-electron chi connectivity index (χ3n) is 3.64. The molecule has 0 radical (unpaired) electrons. The summed E-state index contributed by atoms with van der Waals surface area (Å²) >= 11 is 0. The van der Waals surface area contributed by atoms with Crippen LogP contribution in [0.1, 0.15) is 43.6 Å². The van der Waals surface area contributed by atoms with Crippen LogP contribution < -0.4 is 0 Å². The van der Waals surface area contributed by atoms with E-state index in [-0.39, 0.29) is 6.42 Å². The lowest BCUT2D eigenvalue weighted by molar-refractivity contribution is -0.137. The van der Waals surface area contributed by atoms with Gasteiger partial charge >= 0.3 is 5.97 Å². The molecule has 0 spiro atoms. The Bertz CT molecular complexity index is 436. The molecule has 1 aliphatic rings. The molecule has 0 amide bonds. The Balaban J connectivity index is 1.97. The number of hydrogen-bond acceptors (Lipinski definition) is 4. The molecule has 0 saturated carbocycles. The zero-order chi connectivity index (χ0) is 13.7. The fraction of sp³-hybridized carbons (Fsp3) is 0.643. The van der Waals surface area contributed by atoms with Gasteiger partial charge in [0.2, 0.25) is 0 Å². The van der Waals surface area contributed by atoms with E-state index in [0.29, 0.717) is 6.04 Å². The molecule has 5 nitrogen and oxygen atoms in total. The zero-order valence-corrected chi connectivity index (χ0v) is 11.4. The number of carboxylic acids is 1. The highest BCUT2D eigenvalue weighted by molar-refractivity contribution is 5.66. The molecule has 5 heteroatoms. The molecule has 0 aliphatic carbocycles. The van der Waals surface area contributed by atoms with Gasteiger partial charge < -0.3 is 5.11 Å². The molecule has 104 valence electrons. The van der Waals surface area contributed by atoms with E-state index in [1.165, 1.54) is 12.8 Å². The number of hydrogen-bond donors (Lipinski definition) is 1. The molecule has 1 aliphatic heterocycles. The summed E-state index contributed by atoms with van der Waals surface area (Å²) in [6.45, 7) is 3.72. The number of carboxylic acid groups (broad SMARTS) is 1. The third-order valence-corrected chi connectivity index (χ3v) is 3.64. The fourth-order valence-electron chi connectivity index (χ4n) is 2.69. The second-order valence-corrected chi connectivity index (χ2v) is 5.15. The molecule has 2 rings (SSSR count). The summed E-state index contributed by atoms with van der Waals surface area (Å²) in [6, 6.07) is 2.32. The molecule has 1 N–H and O–H groups in total. The van der Waals surface area contributed by atoms with E-state index in [0.717, 1.165) is 37.4 Å². The van der Waals surface area contributed by atoms with Crippen molar-refractivity contribution >= 4 is 5.97 Å². The summed E-state index contributed by atoms with van der Waals surface area (Å²) in [5, 5.41) is 8.82. The summed E-state index contributed by atoms with van der Waals surface area (Å²) in [5.41, 5.74) is 1.02. The van der Waals surface area contributed by atoms with Gasteiger partial charge in [-0.2, -0.15) is 0 Å². The van der Waals surface area contributed by atoms with Crippen LogP contribution in [0, 0.1) is 6.92 Å². The second kappa shape index (κ2) is 6.61. The van der Waals surface area contributed by atoms with Crippen LogP contribution >= 0.6 is 0 Å². The zero-order valence-electron chi connectivity index (χ0n) is 11.4. The van der Waals surface area contributed by atoms with Crippen molar-refractivity contribution in [3.63, 3.8) is 0 Å². The smallest absolute Gasteiger partial charge is 0.303 e. The van der Waals surface area contributed by atoms with Gasteiger partial charge in [0.1, 0.15) is 5.82 Å². The summed E-state index contributed by atoms with van der Waals surface area (Å²) in [7, 11) is 0. The normalized spacial score (nSPS) is 20.4. The van der Waals surface area contributed by atoms with Crippen LogP contribution in [0.15, 0.2) is 12.3 Å². The predicted molar refractivity (Wildman–Crippen MR) is 71.7 cm³/mol. The van der Waals surface area contributed by atoms with Gasteiger partial charge in [0.15, 0.2) is 0 Å². The van der Waals surface area contributed by atoms with Crippen LogP contribution in [0.4, 0.5) is 0 Å². The largest absolute Gasteiger partial charge is 0.481 e. The summed E-state index contributed by atoms with van der Waals surface area (Å²) < 4.78 is 0. The molecular weight excluding hydrogens is 242 g/mol. The summed E-state index contributed by atoms with van der Waals surface area (Å²) in [4.78, 5) is 21.6. The first-order chi connectivity index (χ1) is 9.15. The monoisotopic (exact) mass is 263 g/mol. The molecule has 1 unspecified atom stereocenters. The lowest BCUT2D eigenvalue weighted by atomic mass is 9.97. The van der Waals surface area contributed by atoms with E-state index >= 15 is 0 Å². The highest BCUT2D eigenvalue weighted by Crippen LogP contribution is 2.22. The van der Waals surface area contributed by atoms with Crippen molar-refractivity contribution in [3.05, 3.63) is 23.8 Å². The molecule has 1 atom stereocenters. The van der Waals surface area contributed by atoms with Gasteiger partial charge in [-0.05, 0) is 38.8 Å². The van der Waals surface area contributed by atoms with Gasteiger partial charge in [-0.25, -0.2) is 9.97 Å². The minimum absolute atomic E-state index is 0.254. The Hall–Kier alpha value is -1.49. The number of rotatable bonds is 5. The Labute approximate surface area is 113 Å². The average Bonchev–Trinajstić information content (AvgIpc) is 2.38. The maximum atomic E-state index is 10.7. The van der Waals surface area contributed by atoms with Gasteiger partial charge in [0, 0.05) is 25.2 Å². The molecule has 1 aromatic heterocycles. The Morgan fingerprint density at radius 1 is 1.53 bits per heavy atom. The van der Waals surface area contributed by atoms with Crippen LogP contribution in [0.3, 0.4) is 0 Å². The van der Waals surface area contributed by atoms with Gasteiger partial charge in [0.05, 0.1) is 5.69 Å². The second-order valence-electron chi connectivity index (χ2n) is 5.15. The van der Waals surface area contributed by atoms with Crippen molar-refractivity contribution in [2.45, 2.75) is 51.6 Å². The van der Waals surface area contributed by atoms with Gasteiger partial charge in [-0.3, -0.25) is 9.69 Å². The van der Waals surface area contributed by atoms with Crippen LogP contribution in [-0.4, -0.2) is 38.5 Å². The van der Waals surface area contributed by atoms with Crippen molar-refractivity contribution in [1.29, 1.82) is 0 Å². The van der Waals surface area contributed by atoms with Gasteiger partial charge in [-0.1, -0.05) is 6.42 Å². The topological polar surface area (TPSA) is 66.3 Å². The van der Waals surface area contributed by atoms with E-state index in [4.69, 9.17) is 5.11 Å². The first-order valence-electron chi connectivity index (χ1n) is 6.89. The van der Waals surface area contributed by atoms with Crippen molar-refractivity contribution in [3.8, 4) is 0 Å². The van der Waals surface area contributed by atoms with Crippen LogP contribution in [0.2, 0.25) is 0 Å². The first-order valence-corrected chi connectivity index (χ1v) is 6.89. The van der Waals surface area contributed by atoms with E-state index in [1.807, 2.05) is 13.0 Å². The number of aryl methyl sites for hydroxylation is 1. The number of aliphatic carboxylic acids is 1. The predicted octanol–water partition coefficient (Wildman–Crippen LogP) is 2.00. The quantitative estimate of drug-likeness (QED) is 0.880. The van der Waals surface area contributed by atoms with Crippen LogP contribution in [0.25, 0.3) is 0 Å². The Kier molecular flexibility index (Phi) is 4.85. The van der Waals surface area contributed by atoms with Gasteiger partial charge in [-0.15, -0.1) is 0 Å². The lowest BCUT2D eigenvalue weighted by Crippen LogP contribution is -2.39. The maximum absolute atomic E-state index is 10.7. The number of likely N-dealkylation sites (tertiary alicyclic amines) is 1. The number of aromatic nitrogens is 2. The highest BCUT2D eigenvalue weighted by Gasteiger charge is 2.23. The minimum Gasteiger partial charge on any atom is -0.481 e. The summed E-state index contributed by atoms with van der Waals surface area (Å²) in [5.74, 6) is 0.0833. The Morgan fingerprint density at radius 3 is 3.11 bits per heavy atom. The molecule has 0 bridgehead atoms. The molecule has 1 aromatic rings. The maximum Gasteiger partial charge on any atom is 0.303 e. The lowest BCUT2D eigenvalue weighted by Gasteiger charge is -2.35. The van der Waals surface area contributed by atoms with E-state index in [9.17, 15) is 4.79 Å². The van der Waals surface area contributed by atoms with E-state index in [1.54, 1.807) is 6.20 Å². The fourth-order valence-corrected chi connectivity index (χ4v) is 2.69. The van der Waals surface area contributed by atoms with E-state index < -0.39 is 5.97 Å². The van der Waals surface area contributed by atoms with E-state index in [2.05, 4.69) is 14.9 Å². The highest BCUT2D eigenvalue weighted by atomic mass is 16.4. The van der Waals surface area contributed by atoms with Crippen molar-refractivity contribution in [2.24, 2.45) is 0 Å². The number of carbonyl (C=O) groups is 1. The number of nitrogens with zero attached hydrogens (tertiary/aromatic N) is 3. The van der Waals surface area contributed by atoms with Crippen molar-refractivity contribution < 1.29 is 9.90 Å². The Morgan fingerprint density at radius 2 is 2.37 bits per heavy atom. The standard InChI is InChI=1S/C14H21N3O2/c1-11-15-8-7-12(16-11)10-17-9-3-2-4-13(17)5-6-14(18)19/h7-8,13H,2-6,9-10H2,1H3,(H,18,19). The SMILES string of the molecule is Cc1nccc(CN2CCCCC2CCC(=O)O)n1.